The lowest BCUT2D eigenvalue weighted by Crippen LogP contribution is -2.21. The van der Waals surface area contributed by atoms with Gasteiger partial charge in [0.1, 0.15) is 11.3 Å². The number of aldehydes is 1. The second-order valence-corrected chi connectivity index (χ2v) is 6.84. The molecule has 0 radical (unpaired) electrons. The van der Waals surface area contributed by atoms with E-state index < -0.39 is 5.82 Å². The molecule has 0 fully saturated rings. The van der Waals surface area contributed by atoms with Crippen LogP contribution in [0, 0.1) is 5.82 Å². The molecule has 4 rings (SSSR count). The van der Waals surface area contributed by atoms with Crippen LogP contribution in [0.15, 0.2) is 39.9 Å². The van der Waals surface area contributed by atoms with Crippen LogP contribution in [-0.4, -0.2) is 15.3 Å². The van der Waals surface area contributed by atoms with Crippen molar-refractivity contribution in [2.75, 3.05) is 0 Å². The van der Waals surface area contributed by atoms with Crippen molar-refractivity contribution in [2.24, 2.45) is 0 Å². The standard InChI is InChI=1S/C18H14BrFN2O2/c19-14-8-12(20)9-16(13(14)10-23)22-6-5-21-15-4-2-1-3-11(15)7-17(21)18(22)24/h5-10H,1-4H2. The number of carbonyl (C=O) groups excluding carboxylic acids is 1. The lowest BCUT2D eigenvalue weighted by Gasteiger charge is -2.13. The van der Waals surface area contributed by atoms with Gasteiger partial charge in [0.2, 0.25) is 0 Å². The normalized spacial score (nSPS) is 13.9. The number of halogens is 2. The van der Waals surface area contributed by atoms with Gasteiger partial charge in [-0.1, -0.05) is 0 Å². The molecule has 1 aromatic carbocycles. The number of hydrogen-bond acceptors (Lipinski definition) is 2. The largest absolute Gasteiger partial charge is 0.314 e. The van der Waals surface area contributed by atoms with Crippen molar-refractivity contribution >= 4 is 27.7 Å². The number of rotatable bonds is 2. The first-order chi connectivity index (χ1) is 11.6. The maximum atomic E-state index is 13.8. The van der Waals surface area contributed by atoms with Gasteiger partial charge < -0.3 is 4.40 Å². The van der Waals surface area contributed by atoms with Crippen molar-refractivity contribution in [1.29, 1.82) is 0 Å². The van der Waals surface area contributed by atoms with Crippen molar-refractivity contribution in [3.05, 3.63) is 68.1 Å². The predicted octanol–water partition coefficient (Wildman–Crippen LogP) is 3.68. The van der Waals surface area contributed by atoms with Gasteiger partial charge in [0, 0.05) is 22.6 Å². The van der Waals surface area contributed by atoms with Gasteiger partial charge in [-0.3, -0.25) is 14.2 Å². The fourth-order valence-electron chi connectivity index (χ4n) is 3.46. The Balaban J connectivity index is 2.01. The molecule has 0 N–H and O–H groups in total. The van der Waals surface area contributed by atoms with Crippen molar-refractivity contribution < 1.29 is 9.18 Å². The molecule has 4 nitrogen and oxygen atoms in total. The van der Waals surface area contributed by atoms with Crippen LogP contribution >= 0.6 is 15.9 Å². The summed E-state index contributed by atoms with van der Waals surface area (Å²) in [6, 6.07) is 4.34. The molecule has 24 heavy (non-hydrogen) atoms. The Morgan fingerprint density at radius 2 is 1.92 bits per heavy atom. The zero-order valence-electron chi connectivity index (χ0n) is 12.8. The number of nitrogens with zero attached hydrogens (tertiary/aromatic N) is 2. The minimum atomic E-state index is -0.510. The van der Waals surface area contributed by atoms with E-state index in [0.717, 1.165) is 25.7 Å². The minimum Gasteiger partial charge on any atom is -0.314 e. The number of carbonyl (C=O) groups is 1. The Morgan fingerprint density at radius 1 is 1.12 bits per heavy atom. The molecule has 0 bridgehead atoms. The molecule has 0 saturated heterocycles. The van der Waals surface area contributed by atoms with E-state index in [1.807, 2.05) is 16.7 Å². The van der Waals surface area contributed by atoms with Crippen LogP contribution < -0.4 is 5.56 Å². The van der Waals surface area contributed by atoms with Gasteiger partial charge in [0.05, 0.1) is 11.3 Å². The molecule has 1 aliphatic carbocycles. The van der Waals surface area contributed by atoms with Gasteiger partial charge >= 0.3 is 0 Å². The molecule has 6 heteroatoms. The van der Waals surface area contributed by atoms with Crippen LogP contribution in [0.25, 0.3) is 11.2 Å². The maximum Gasteiger partial charge on any atom is 0.279 e. The van der Waals surface area contributed by atoms with E-state index in [-0.39, 0.29) is 16.8 Å². The highest BCUT2D eigenvalue weighted by Crippen LogP contribution is 2.26. The highest BCUT2D eigenvalue weighted by Gasteiger charge is 2.18. The summed E-state index contributed by atoms with van der Waals surface area (Å²) < 4.78 is 17.4. The molecule has 1 aliphatic rings. The van der Waals surface area contributed by atoms with Gasteiger partial charge in [0.25, 0.3) is 5.56 Å². The molecule has 0 amide bonds. The average Bonchev–Trinajstić information content (AvgIpc) is 2.94. The number of hydrogen-bond donors (Lipinski definition) is 0. The molecular formula is C18H14BrFN2O2. The second kappa shape index (κ2) is 5.70. The van der Waals surface area contributed by atoms with Gasteiger partial charge in [-0.05, 0) is 65.4 Å². The molecule has 3 aromatic rings. The molecule has 0 unspecified atom stereocenters. The molecule has 122 valence electrons. The smallest absolute Gasteiger partial charge is 0.279 e. The summed E-state index contributed by atoms with van der Waals surface area (Å²) in [5, 5.41) is 0. The fraction of sp³-hybridized carbons (Fsp3) is 0.222. The molecule has 2 heterocycles. The summed E-state index contributed by atoms with van der Waals surface area (Å²) >= 11 is 3.18. The summed E-state index contributed by atoms with van der Waals surface area (Å²) in [5.74, 6) is -0.510. The predicted molar refractivity (Wildman–Crippen MR) is 92.7 cm³/mol. The van der Waals surface area contributed by atoms with Gasteiger partial charge in [-0.25, -0.2) is 4.39 Å². The zero-order valence-corrected chi connectivity index (χ0v) is 14.3. The van der Waals surface area contributed by atoms with Crippen LogP contribution in [0.2, 0.25) is 0 Å². The molecular weight excluding hydrogens is 375 g/mol. The Labute approximate surface area is 145 Å². The van der Waals surface area contributed by atoms with E-state index in [1.165, 1.54) is 28.0 Å². The topological polar surface area (TPSA) is 43.5 Å². The molecule has 0 atom stereocenters. The molecule has 0 saturated carbocycles. The minimum absolute atomic E-state index is 0.239. The molecule has 0 aliphatic heterocycles. The fourth-order valence-corrected chi connectivity index (χ4v) is 3.97. The Morgan fingerprint density at radius 3 is 2.71 bits per heavy atom. The third kappa shape index (κ3) is 2.24. The summed E-state index contributed by atoms with van der Waals surface area (Å²) in [5.41, 5.74) is 3.17. The number of benzene rings is 1. The average molecular weight is 389 g/mol. The summed E-state index contributed by atoms with van der Waals surface area (Å²) in [6.45, 7) is 0. The van der Waals surface area contributed by atoms with E-state index in [1.54, 1.807) is 6.20 Å². The number of aryl methyl sites for hydroxylation is 2. The second-order valence-electron chi connectivity index (χ2n) is 5.99. The molecule has 2 aromatic heterocycles. The third-order valence-electron chi connectivity index (χ3n) is 4.59. The van der Waals surface area contributed by atoms with Crippen LogP contribution in [-0.2, 0) is 12.8 Å². The summed E-state index contributed by atoms with van der Waals surface area (Å²) in [4.78, 5) is 24.3. The maximum absolute atomic E-state index is 13.8. The Kier molecular flexibility index (Phi) is 3.64. The quantitative estimate of drug-likeness (QED) is 0.628. The van der Waals surface area contributed by atoms with Crippen molar-refractivity contribution in [2.45, 2.75) is 25.7 Å². The Bertz CT molecular complexity index is 1040. The summed E-state index contributed by atoms with van der Waals surface area (Å²) in [6.07, 6.45) is 8.21. The highest BCUT2D eigenvalue weighted by molar-refractivity contribution is 9.10. The first-order valence-electron chi connectivity index (χ1n) is 7.79. The highest BCUT2D eigenvalue weighted by atomic mass is 79.9. The summed E-state index contributed by atoms with van der Waals surface area (Å²) in [7, 11) is 0. The van der Waals surface area contributed by atoms with Crippen LogP contribution in [0.4, 0.5) is 4.39 Å². The lowest BCUT2D eigenvalue weighted by atomic mass is 9.98. The van der Waals surface area contributed by atoms with Crippen LogP contribution in [0.1, 0.15) is 34.5 Å². The Hall–Kier alpha value is -2.21. The number of fused-ring (bicyclic) bond motifs is 3. The van der Waals surface area contributed by atoms with Gasteiger partial charge in [0.15, 0.2) is 6.29 Å². The zero-order chi connectivity index (χ0) is 16.8. The van der Waals surface area contributed by atoms with E-state index in [4.69, 9.17) is 0 Å². The SMILES string of the molecule is O=Cc1c(Br)cc(F)cc1-n1ccn2c3c(cc2c1=O)CCCC3. The van der Waals surface area contributed by atoms with E-state index in [9.17, 15) is 14.0 Å². The van der Waals surface area contributed by atoms with E-state index >= 15 is 0 Å². The van der Waals surface area contributed by atoms with Crippen LogP contribution in [0.3, 0.4) is 0 Å². The first-order valence-corrected chi connectivity index (χ1v) is 8.58. The van der Waals surface area contributed by atoms with E-state index in [0.29, 0.717) is 16.3 Å². The van der Waals surface area contributed by atoms with Crippen molar-refractivity contribution in [1.82, 2.24) is 8.97 Å². The monoisotopic (exact) mass is 388 g/mol. The van der Waals surface area contributed by atoms with Gasteiger partial charge in [-0.2, -0.15) is 0 Å². The number of aromatic nitrogens is 2. The van der Waals surface area contributed by atoms with Crippen LogP contribution in [0.5, 0.6) is 0 Å². The lowest BCUT2D eigenvalue weighted by molar-refractivity contribution is 0.112. The van der Waals surface area contributed by atoms with Gasteiger partial charge in [-0.15, -0.1) is 0 Å². The molecule has 0 spiro atoms. The van der Waals surface area contributed by atoms with E-state index in [2.05, 4.69) is 15.9 Å². The third-order valence-corrected chi connectivity index (χ3v) is 5.25. The van der Waals surface area contributed by atoms with Crippen molar-refractivity contribution in [3.8, 4) is 5.69 Å². The van der Waals surface area contributed by atoms with Crippen molar-refractivity contribution in [3.63, 3.8) is 0 Å². The first kappa shape index (κ1) is 15.3.